The third-order valence-corrected chi connectivity index (χ3v) is 5.13. The van der Waals surface area contributed by atoms with Gasteiger partial charge in [0, 0.05) is 17.8 Å². The molecule has 5 nitrogen and oxygen atoms in total. The van der Waals surface area contributed by atoms with E-state index in [1.54, 1.807) is 11.0 Å². The normalized spacial score (nSPS) is 15.6. The van der Waals surface area contributed by atoms with E-state index in [9.17, 15) is 9.90 Å². The summed E-state index contributed by atoms with van der Waals surface area (Å²) in [6.45, 7) is 2.85. The van der Waals surface area contributed by atoms with Crippen LogP contribution in [0.25, 0.3) is 0 Å². The molecule has 0 spiro atoms. The van der Waals surface area contributed by atoms with Crippen molar-refractivity contribution in [2.24, 2.45) is 0 Å². The zero-order valence-corrected chi connectivity index (χ0v) is 16.3. The predicted molar refractivity (Wildman–Crippen MR) is 113 cm³/mol. The molecule has 29 heavy (non-hydrogen) atoms. The second-order valence-electron chi connectivity index (χ2n) is 6.95. The van der Waals surface area contributed by atoms with E-state index in [-0.39, 0.29) is 11.7 Å². The molecule has 0 aliphatic carbocycles. The van der Waals surface area contributed by atoms with E-state index in [1.165, 1.54) is 0 Å². The molecule has 1 atom stereocenters. The van der Waals surface area contributed by atoms with Gasteiger partial charge >= 0.3 is 0 Å². The number of carbonyl (C=O) groups excluding carboxylic acids is 1. The Morgan fingerprint density at radius 2 is 1.76 bits per heavy atom. The van der Waals surface area contributed by atoms with Gasteiger partial charge in [0.15, 0.2) is 11.5 Å². The summed E-state index contributed by atoms with van der Waals surface area (Å²) < 4.78 is 5.55. The van der Waals surface area contributed by atoms with Crippen molar-refractivity contribution >= 4 is 11.6 Å². The quantitative estimate of drug-likeness (QED) is 0.648. The number of ether oxygens (including phenoxy) is 1. The summed E-state index contributed by atoms with van der Waals surface area (Å²) >= 11 is 0. The van der Waals surface area contributed by atoms with Crippen molar-refractivity contribution in [3.8, 4) is 11.5 Å². The Labute approximate surface area is 170 Å². The highest BCUT2D eigenvalue weighted by molar-refractivity contribution is 6.01. The van der Waals surface area contributed by atoms with E-state index in [1.807, 2.05) is 61.5 Å². The van der Waals surface area contributed by atoms with E-state index < -0.39 is 6.17 Å². The van der Waals surface area contributed by atoms with Crippen molar-refractivity contribution < 1.29 is 14.6 Å². The summed E-state index contributed by atoms with van der Waals surface area (Å²) in [4.78, 5) is 15.1. The molecule has 1 amide bonds. The van der Waals surface area contributed by atoms with Crippen LogP contribution in [0, 0.1) is 0 Å². The fraction of sp³-hybridized carbons (Fsp3) is 0.208. The number of hydrogen-bond donors (Lipinski definition) is 2. The van der Waals surface area contributed by atoms with E-state index in [0.717, 1.165) is 17.7 Å². The van der Waals surface area contributed by atoms with Gasteiger partial charge in [-0.1, -0.05) is 54.6 Å². The highest BCUT2D eigenvalue weighted by atomic mass is 16.5. The summed E-state index contributed by atoms with van der Waals surface area (Å²) in [6.07, 6.45) is 0.236. The molecule has 1 aliphatic heterocycles. The maximum absolute atomic E-state index is 13.3. The molecule has 0 aromatic heterocycles. The van der Waals surface area contributed by atoms with Gasteiger partial charge in [-0.25, -0.2) is 0 Å². The van der Waals surface area contributed by atoms with Gasteiger partial charge in [0.2, 0.25) is 0 Å². The molecule has 1 aliphatic rings. The number of benzene rings is 3. The fourth-order valence-corrected chi connectivity index (χ4v) is 3.70. The van der Waals surface area contributed by atoms with Crippen LogP contribution in [-0.4, -0.2) is 29.1 Å². The number of carbonyl (C=O) groups is 1. The maximum Gasteiger partial charge on any atom is 0.257 e. The molecule has 1 heterocycles. The Balaban J connectivity index is 1.71. The van der Waals surface area contributed by atoms with Crippen LogP contribution in [0.2, 0.25) is 0 Å². The molecule has 0 radical (unpaired) electrons. The van der Waals surface area contributed by atoms with Crippen LogP contribution in [0.5, 0.6) is 11.5 Å². The number of aromatic hydroxyl groups is 1. The Kier molecular flexibility index (Phi) is 5.38. The Morgan fingerprint density at radius 1 is 1.00 bits per heavy atom. The average Bonchev–Trinajstić information content (AvgIpc) is 2.75. The highest BCUT2D eigenvalue weighted by Gasteiger charge is 2.34. The number of hydrogen-bond acceptors (Lipinski definition) is 4. The molecule has 3 aromatic carbocycles. The number of nitrogens with zero attached hydrogens (tertiary/aromatic N) is 1. The zero-order valence-electron chi connectivity index (χ0n) is 16.3. The first-order valence-electron chi connectivity index (χ1n) is 9.84. The third kappa shape index (κ3) is 3.76. The highest BCUT2D eigenvalue weighted by Crippen LogP contribution is 2.40. The fourth-order valence-electron chi connectivity index (χ4n) is 3.70. The number of fused-ring (bicyclic) bond motifs is 1. The lowest BCUT2D eigenvalue weighted by Crippen LogP contribution is -2.44. The van der Waals surface area contributed by atoms with Crippen LogP contribution >= 0.6 is 0 Å². The van der Waals surface area contributed by atoms with Crippen LogP contribution in [0.1, 0.15) is 34.6 Å². The van der Waals surface area contributed by atoms with E-state index in [0.29, 0.717) is 30.0 Å². The second kappa shape index (κ2) is 8.27. The SMILES string of the molecule is CCOc1cccc([C@H]2Nc3ccccc3C(=O)N2CCc2ccccc2)c1O. The summed E-state index contributed by atoms with van der Waals surface area (Å²) in [5.74, 6) is 0.423. The van der Waals surface area contributed by atoms with Crippen LogP contribution in [0.4, 0.5) is 5.69 Å². The summed E-state index contributed by atoms with van der Waals surface area (Å²) in [6, 6.07) is 22.9. The van der Waals surface area contributed by atoms with Crippen molar-refractivity contribution in [1.82, 2.24) is 4.90 Å². The van der Waals surface area contributed by atoms with Gasteiger partial charge < -0.3 is 20.1 Å². The lowest BCUT2D eigenvalue weighted by molar-refractivity contribution is 0.0683. The average molecular weight is 388 g/mol. The largest absolute Gasteiger partial charge is 0.504 e. The monoisotopic (exact) mass is 388 g/mol. The van der Waals surface area contributed by atoms with Gasteiger partial charge in [-0.3, -0.25) is 4.79 Å². The first kappa shape index (κ1) is 18.9. The van der Waals surface area contributed by atoms with Crippen LogP contribution < -0.4 is 10.1 Å². The number of nitrogens with one attached hydrogen (secondary N) is 1. The minimum atomic E-state index is -0.485. The van der Waals surface area contributed by atoms with Crippen molar-refractivity contribution in [3.05, 3.63) is 89.5 Å². The number of anilines is 1. The molecule has 2 N–H and O–H groups in total. The lowest BCUT2D eigenvalue weighted by atomic mass is 10.0. The standard InChI is InChI=1S/C24H24N2O3/c1-2-29-21-14-8-12-19(22(21)27)23-25-20-13-7-6-11-18(20)24(28)26(23)16-15-17-9-4-3-5-10-17/h3-14,23,25,27H,2,15-16H2,1H3/t23-/m0/s1. The molecule has 0 bridgehead atoms. The minimum Gasteiger partial charge on any atom is -0.504 e. The smallest absolute Gasteiger partial charge is 0.257 e. The Bertz CT molecular complexity index is 1000. The van der Waals surface area contributed by atoms with Crippen LogP contribution in [-0.2, 0) is 6.42 Å². The van der Waals surface area contributed by atoms with Crippen molar-refractivity contribution in [2.75, 3.05) is 18.5 Å². The second-order valence-corrected chi connectivity index (χ2v) is 6.95. The number of phenolic OH excluding ortho intramolecular Hbond substituents is 1. The Hall–Kier alpha value is -3.47. The van der Waals surface area contributed by atoms with Crippen molar-refractivity contribution in [3.63, 3.8) is 0 Å². The number of rotatable bonds is 6. The molecular weight excluding hydrogens is 364 g/mol. The minimum absolute atomic E-state index is 0.0542. The third-order valence-electron chi connectivity index (χ3n) is 5.13. The molecule has 3 aromatic rings. The van der Waals surface area contributed by atoms with Gasteiger partial charge in [-0.15, -0.1) is 0 Å². The molecule has 0 fully saturated rings. The molecule has 5 heteroatoms. The van der Waals surface area contributed by atoms with Gasteiger partial charge in [-0.2, -0.15) is 0 Å². The predicted octanol–water partition coefficient (Wildman–Crippen LogP) is 4.60. The van der Waals surface area contributed by atoms with E-state index in [2.05, 4.69) is 17.4 Å². The molecule has 0 saturated carbocycles. The van der Waals surface area contributed by atoms with Crippen LogP contribution in [0.3, 0.4) is 0 Å². The van der Waals surface area contributed by atoms with Gasteiger partial charge in [0.05, 0.1) is 12.2 Å². The van der Waals surface area contributed by atoms with E-state index >= 15 is 0 Å². The number of phenols is 1. The van der Waals surface area contributed by atoms with Gasteiger partial charge in [0.1, 0.15) is 6.17 Å². The van der Waals surface area contributed by atoms with E-state index in [4.69, 9.17) is 4.74 Å². The lowest BCUT2D eigenvalue weighted by Gasteiger charge is -2.38. The summed E-state index contributed by atoms with van der Waals surface area (Å²) in [5.41, 5.74) is 3.18. The zero-order chi connectivity index (χ0) is 20.2. The number of amides is 1. The summed E-state index contributed by atoms with van der Waals surface area (Å²) in [5, 5.41) is 14.2. The van der Waals surface area contributed by atoms with Gasteiger partial charge in [0.25, 0.3) is 5.91 Å². The molecule has 0 unspecified atom stereocenters. The summed E-state index contributed by atoms with van der Waals surface area (Å²) in [7, 11) is 0. The molecule has 148 valence electrons. The van der Waals surface area contributed by atoms with Crippen molar-refractivity contribution in [1.29, 1.82) is 0 Å². The Morgan fingerprint density at radius 3 is 2.55 bits per heavy atom. The number of para-hydroxylation sites is 2. The topological polar surface area (TPSA) is 61.8 Å². The van der Waals surface area contributed by atoms with Crippen LogP contribution in [0.15, 0.2) is 72.8 Å². The molecule has 0 saturated heterocycles. The molecule has 4 rings (SSSR count). The molecular formula is C24H24N2O3. The maximum atomic E-state index is 13.3. The first-order chi connectivity index (χ1) is 14.2. The van der Waals surface area contributed by atoms with Gasteiger partial charge in [-0.05, 0) is 37.1 Å². The first-order valence-corrected chi connectivity index (χ1v) is 9.84. The van der Waals surface area contributed by atoms with Crippen molar-refractivity contribution in [2.45, 2.75) is 19.5 Å².